The zero-order valence-electron chi connectivity index (χ0n) is 12.7. The lowest BCUT2D eigenvalue weighted by molar-refractivity contribution is 0.142. The van der Waals surface area contributed by atoms with Crippen molar-refractivity contribution in [1.82, 2.24) is 10.2 Å². The summed E-state index contributed by atoms with van der Waals surface area (Å²) in [4.78, 5) is 2.60. The zero-order chi connectivity index (χ0) is 13.1. The number of nitrogens with one attached hydrogen (secondary N) is 1. The fourth-order valence-electron chi connectivity index (χ4n) is 4.76. The Morgan fingerprint density at radius 1 is 1.00 bits per heavy atom. The van der Waals surface area contributed by atoms with Crippen LogP contribution in [0, 0.1) is 17.8 Å². The van der Waals surface area contributed by atoms with Crippen LogP contribution >= 0.6 is 0 Å². The summed E-state index contributed by atoms with van der Waals surface area (Å²) in [6.07, 6.45) is 11.9. The normalized spacial score (nSPS) is 40.3. The number of nitrogens with zero attached hydrogens (tertiary/aromatic N) is 1. The maximum atomic E-state index is 3.91. The molecule has 0 bridgehead atoms. The molecular weight excluding hydrogens is 232 g/mol. The smallest absolute Gasteiger partial charge is 0.00700 e. The monoisotopic (exact) mass is 264 g/mol. The molecule has 1 heterocycles. The van der Waals surface area contributed by atoms with Gasteiger partial charge in [-0.2, -0.15) is 0 Å². The van der Waals surface area contributed by atoms with Gasteiger partial charge in [-0.3, -0.25) is 0 Å². The molecule has 0 amide bonds. The molecular formula is C17H32N2. The first kappa shape index (κ1) is 13.9. The third-order valence-corrected chi connectivity index (χ3v) is 6.05. The van der Waals surface area contributed by atoms with Gasteiger partial charge in [-0.05, 0) is 63.1 Å². The largest absolute Gasteiger partial charge is 0.314 e. The summed E-state index contributed by atoms with van der Waals surface area (Å²) < 4.78 is 0. The standard InChI is InChI=1S/C17H32N2/c1-2-19-10-9-14(13-19)12-18-17-8-7-15-5-3-4-6-16(15)11-17/h14-18H,2-13H2,1H3. The number of hydrogen-bond donors (Lipinski definition) is 1. The minimum atomic E-state index is 0.843. The molecule has 0 radical (unpaired) electrons. The first-order valence-electron chi connectivity index (χ1n) is 8.81. The first-order chi connectivity index (χ1) is 9.35. The van der Waals surface area contributed by atoms with E-state index in [1.54, 1.807) is 0 Å². The molecule has 4 atom stereocenters. The van der Waals surface area contributed by atoms with Gasteiger partial charge >= 0.3 is 0 Å². The highest BCUT2D eigenvalue weighted by molar-refractivity contribution is 4.87. The van der Waals surface area contributed by atoms with Gasteiger partial charge in [0.15, 0.2) is 0 Å². The van der Waals surface area contributed by atoms with E-state index in [0.29, 0.717) is 0 Å². The van der Waals surface area contributed by atoms with E-state index >= 15 is 0 Å². The van der Waals surface area contributed by atoms with Crippen molar-refractivity contribution in [2.75, 3.05) is 26.2 Å². The third-order valence-electron chi connectivity index (χ3n) is 6.05. The highest BCUT2D eigenvalue weighted by Crippen LogP contribution is 2.40. The highest BCUT2D eigenvalue weighted by Gasteiger charge is 2.32. The Labute approximate surface area is 119 Å². The van der Waals surface area contributed by atoms with Gasteiger partial charge in [-0.1, -0.05) is 32.6 Å². The predicted molar refractivity (Wildman–Crippen MR) is 81.3 cm³/mol. The Kier molecular flexibility index (Phi) is 4.81. The minimum Gasteiger partial charge on any atom is -0.314 e. The minimum absolute atomic E-state index is 0.843. The van der Waals surface area contributed by atoms with Gasteiger partial charge in [-0.15, -0.1) is 0 Å². The molecule has 3 rings (SSSR count). The Hall–Kier alpha value is -0.0800. The summed E-state index contributed by atoms with van der Waals surface area (Å²) in [7, 11) is 0. The second-order valence-corrected chi connectivity index (χ2v) is 7.27. The molecule has 0 aromatic heterocycles. The van der Waals surface area contributed by atoms with E-state index in [9.17, 15) is 0 Å². The molecule has 3 aliphatic rings. The second kappa shape index (κ2) is 6.58. The van der Waals surface area contributed by atoms with Crippen molar-refractivity contribution in [2.45, 2.75) is 64.3 Å². The Balaban J connectivity index is 1.39. The van der Waals surface area contributed by atoms with E-state index in [1.165, 1.54) is 77.5 Å². The number of fused-ring (bicyclic) bond motifs is 1. The number of likely N-dealkylation sites (tertiary alicyclic amines) is 1. The van der Waals surface area contributed by atoms with Gasteiger partial charge in [-0.25, -0.2) is 0 Å². The van der Waals surface area contributed by atoms with E-state index in [0.717, 1.165) is 23.8 Å². The molecule has 0 aromatic carbocycles. The van der Waals surface area contributed by atoms with Crippen molar-refractivity contribution >= 4 is 0 Å². The van der Waals surface area contributed by atoms with Gasteiger partial charge in [0.05, 0.1) is 0 Å². The molecule has 0 spiro atoms. The SMILES string of the molecule is CCN1CCC(CNC2CCC3CCCCC3C2)C1. The Bertz CT molecular complexity index is 278. The van der Waals surface area contributed by atoms with E-state index in [-0.39, 0.29) is 0 Å². The molecule has 2 aliphatic carbocycles. The number of hydrogen-bond acceptors (Lipinski definition) is 2. The van der Waals surface area contributed by atoms with Crippen LogP contribution in [0.1, 0.15) is 58.3 Å². The van der Waals surface area contributed by atoms with Crippen LogP contribution in [0.15, 0.2) is 0 Å². The average Bonchev–Trinajstić information content (AvgIpc) is 2.93. The van der Waals surface area contributed by atoms with E-state index in [1.807, 2.05) is 0 Å². The summed E-state index contributed by atoms with van der Waals surface area (Å²) in [6.45, 7) is 7.48. The van der Waals surface area contributed by atoms with E-state index in [2.05, 4.69) is 17.1 Å². The van der Waals surface area contributed by atoms with Crippen LogP contribution in [-0.2, 0) is 0 Å². The molecule has 3 fully saturated rings. The van der Waals surface area contributed by atoms with Crippen LogP contribution in [-0.4, -0.2) is 37.1 Å². The van der Waals surface area contributed by atoms with Gasteiger partial charge in [0.2, 0.25) is 0 Å². The summed E-state index contributed by atoms with van der Waals surface area (Å²) in [5.41, 5.74) is 0. The Morgan fingerprint density at radius 2 is 1.84 bits per heavy atom. The summed E-state index contributed by atoms with van der Waals surface area (Å²) in [6, 6.07) is 0.843. The maximum Gasteiger partial charge on any atom is 0.00700 e. The second-order valence-electron chi connectivity index (χ2n) is 7.27. The lowest BCUT2D eigenvalue weighted by atomic mass is 9.69. The van der Waals surface area contributed by atoms with Crippen molar-refractivity contribution in [3.8, 4) is 0 Å². The van der Waals surface area contributed by atoms with Crippen molar-refractivity contribution < 1.29 is 0 Å². The van der Waals surface area contributed by atoms with E-state index < -0.39 is 0 Å². The van der Waals surface area contributed by atoms with Gasteiger partial charge in [0.1, 0.15) is 0 Å². The molecule has 1 N–H and O–H groups in total. The molecule has 2 saturated carbocycles. The molecule has 0 aromatic rings. The fourth-order valence-corrected chi connectivity index (χ4v) is 4.76. The van der Waals surface area contributed by atoms with Crippen molar-refractivity contribution in [2.24, 2.45) is 17.8 Å². The summed E-state index contributed by atoms with van der Waals surface area (Å²) >= 11 is 0. The predicted octanol–water partition coefficient (Wildman–Crippen LogP) is 3.28. The molecule has 2 heteroatoms. The lowest BCUT2D eigenvalue weighted by Crippen LogP contribution is -2.41. The van der Waals surface area contributed by atoms with E-state index in [4.69, 9.17) is 0 Å². The molecule has 1 saturated heterocycles. The first-order valence-corrected chi connectivity index (χ1v) is 8.81. The molecule has 4 unspecified atom stereocenters. The van der Waals surface area contributed by atoms with Gasteiger partial charge in [0.25, 0.3) is 0 Å². The third kappa shape index (κ3) is 3.52. The highest BCUT2D eigenvalue weighted by atomic mass is 15.1. The quantitative estimate of drug-likeness (QED) is 0.838. The van der Waals surface area contributed by atoms with Crippen molar-refractivity contribution in [3.05, 3.63) is 0 Å². The van der Waals surface area contributed by atoms with Crippen molar-refractivity contribution in [1.29, 1.82) is 0 Å². The van der Waals surface area contributed by atoms with Crippen LogP contribution in [0.5, 0.6) is 0 Å². The lowest BCUT2D eigenvalue weighted by Gasteiger charge is -2.40. The fraction of sp³-hybridized carbons (Fsp3) is 1.00. The van der Waals surface area contributed by atoms with Crippen LogP contribution in [0.3, 0.4) is 0 Å². The van der Waals surface area contributed by atoms with Crippen LogP contribution in [0.4, 0.5) is 0 Å². The van der Waals surface area contributed by atoms with Gasteiger partial charge < -0.3 is 10.2 Å². The van der Waals surface area contributed by atoms with Gasteiger partial charge in [0, 0.05) is 12.6 Å². The zero-order valence-corrected chi connectivity index (χ0v) is 12.7. The maximum absolute atomic E-state index is 3.91. The Morgan fingerprint density at radius 3 is 2.63 bits per heavy atom. The topological polar surface area (TPSA) is 15.3 Å². The average molecular weight is 264 g/mol. The summed E-state index contributed by atoms with van der Waals surface area (Å²) in [5, 5.41) is 3.91. The van der Waals surface area contributed by atoms with Crippen LogP contribution in [0.2, 0.25) is 0 Å². The molecule has 1 aliphatic heterocycles. The molecule has 2 nitrogen and oxygen atoms in total. The van der Waals surface area contributed by atoms with Crippen molar-refractivity contribution in [3.63, 3.8) is 0 Å². The van der Waals surface area contributed by atoms with Crippen LogP contribution in [0.25, 0.3) is 0 Å². The van der Waals surface area contributed by atoms with Crippen LogP contribution < -0.4 is 5.32 Å². The summed E-state index contributed by atoms with van der Waals surface area (Å²) in [5.74, 6) is 3.08. The molecule has 19 heavy (non-hydrogen) atoms. The molecule has 110 valence electrons. The number of rotatable bonds is 4.